The van der Waals surface area contributed by atoms with Crippen molar-refractivity contribution in [3.8, 4) is 23.0 Å². The molecule has 3 aliphatic rings. The number of hydrogen-bond donors (Lipinski definition) is 3. The Morgan fingerprint density at radius 1 is 1.04 bits per heavy atom. The minimum Gasteiger partial charge on any atom is -0.355 e. The molecule has 3 aliphatic heterocycles. The second-order valence-electron chi connectivity index (χ2n) is 13.9. The Balaban J connectivity index is 0.943. The average molecular weight is 771 g/mol. The molecule has 15 heteroatoms. The largest absolute Gasteiger partial charge is 0.355 e. The summed E-state index contributed by atoms with van der Waals surface area (Å²) in [5.74, 6) is 4.27. The first-order valence-electron chi connectivity index (χ1n) is 18.5. The summed E-state index contributed by atoms with van der Waals surface area (Å²) in [7, 11) is 1.55. The smallest absolute Gasteiger partial charge is 0.269 e. The van der Waals surface area contributed by atoms with E-state index < -0.39 is 24.3 Å². The number of imide groups is 1. The maximum Gasteiger partial charge on any atom is 0.269 e. The Hall–Kier alpha value is -6.95. The summed E-state index contributed by atoms with van der Waals surface area (Å²) in [6.45, 7) is 0.953. The van der Waals surface area contributed by atoms with E-state index >= 15 is 0 Å². The van der Waals surface area contributed by atoms with Crippen LogP contribution in [0.1, 0.15) is 85.6 Å². The Morgan fingerprint density at radius 2 is 1.89 bits per heavy atom. The molecule has 1 unspecified atom stereocenters. The number of aryl methyl sites for hydroxylation is 1. The average Bonchev–Trinajstić information content (AvgIpc) is 3.78. The highest BCUT2D eigenvalue weighted by Crippen LogP contribution is 2.40. The zero-order valence-electron chi connectivity index (χ0n) is 30.8. The minimum atomic E-state index is -2.80. The number of carbonyl (C=O) groups excluding carboxylic acids is 5. The molecule has 5 amide bonds. The van der Waals surface area contributed by atoms with Gasteiger partial charge in [0, 0.05) is 85.8 Å². The van der Waals surface area contributed by atoms with E-state index in [2.05, 4.69) is 37.8 Å². The van der Waals surface area contributed by atoms with Gasteiger partial charge in [-0.3, -0.25) is 48.9 Å². The summed E-state index contributed by atoms with van der Waals surface area (Å²) in [6, 6.07) is 12.6. The zero-order valence-corrected chi connectivity index (χ0v) is 30.8. The van der Waals surface area contributed by atoms with Crippen molar-refractivity contribution in [2.24, 2.45) is 0 Å². The van der Waals surface area contributed by atoms with Gasteiger partial charge in [-0.2, -0.15) is 0 Å². The van der Waals surface area contributed by atoms with Crippen LogP contribution in [-0.4, -0.2) is 75.3 Å². The number of rotatable bonds is 8. The summed E-state index contributed by atoms with van der Waals surface area (Å²) in [4.78, 5) is 72.8. The highest BCUT2D eigenvalue weighted by molar-refractivity contribution is 6.07. The van der Waals surface area contributed by atoms with Gasteiger partial charge in [-0.15, -0.1) is 0 Å². The molecule has 0 spiro atoms. The lowest BCUT2D eigenvalue weighted by Crippen LogP contribution is -2.52. The molecular formula is C42H36F2N8O5. The molecule has 1 fully saturated rings. The van der Waals surface area contributed by atoms with Crippen molar-refractivity contribution < 1.29 is 32.8 Å². The molecule has 3 N–H and O–H groups in total. The van der Waals surface area contributed by atoms with Crippen molar-refractivity contribution in [1.82, 2.24) is 35.5 Å². The summed E-state index contributed by atoms with van der Waals surface area (Å²) in [5.41, 5.74) is 5.10. The van der Waals surface area contributed by atoms with Gasteiger partial charge >= 0.3 is 0 Å². The number of alkyl halides is 2. The van der Waals surface area contributed by atoms with E-state index in [0.29, 0.717) is 69.4 Å². The number of pyridine rings is 2. The fourth-order valence-electron chi connectivity index (χ4n) is 7.73. The third kappa shape index (κ3) is 6.94. The molecule has 0 radical (unpaired) electrons. The molecule has 1 saturated heterocycles. The summed E-state index contributed by atoms with van der Waals surface area (Å²) in [5, 5.41) is 10.3. The van der Waals surface area contributed by atoms with E-state index in [1.807, 2.05) is 5.01 Å². The van der Waals surface area contributed by atoms with Crippen molar-refractivity contribution in [2.75, 3.05) is 25.1 Å². The first-order valence-corrected chi connectivity index (χ1v) is 18.5. The van der Waals surface area contributed by atoms with Gasteiger partial charge in [0.1, 0.15) is 11.7 Å². The maximum atomic E-state index is 14.7. The quantitative estimate of drug-likeness (QED) is 0.118. The number of carbonyl (C=O) groups is 5. The van der Waals surface area contributed by atoms with Crippen molar-refractivity contribution in [1.29, 1.82) is 0 Å². The minimum absolute atomic E-state index is 0.113. The van der Waals surface area contributed by atoms with Gasteiger partial charge in [0.2, 0.25) is 11.8 Å². The zero-order chi connectivity index (χ0) is 39.8. The second kappa shape index (κ2) is 15.3. The van der Waals surface area contributed by atoms with E-state index in [4.69, 9.17) is 0 Å². The number of piperidine rings is 1. The topological polar surface area (TPSA) is 159 Å². The van der Waals surface area contributed by atoms with E-state index in [9.17, 15) is 32.8 Å². The van der Waals surface area contributed by atoms with Crippen molar-refractivity contribution in [3.05, 3.63) is 112 Å². The van der Waals surface area contributed by atoms with Gasteiger partial charge in [-0.1, -0.05) is 24.0 Å². The normalized spacial score (nSPS) is 16.2. The number of halogens is 2. The molecule has 5 aromatic rings. The predicted molar refractivity (Wildman–Crippen MR) is 205 cm³/mol. The van der Waals surface area contributed by atoms with Crippen LogP contribution in [0.5, 0.6) is 0 Å². The number of benzene rings is 2. The molecule has 1 atom stereocenters. The fraction of sp³-hybridized carbons (Fsp3) is 0.262. The Morgan fingerprint density at radius 3 is 2.67 bits per heavy atom. The first-order chi connectivity index (χ1) is 27.6. The Kier molecular flexibility index (Phi) is 9.93. The van der Waals surface area contributed by atoms with Crippen LogP contribution in [0.2, 0.25) is 0 Å². The number of fused-ring (bicyclic) bond motifs is 3. The van der Waals surface area contributed by atoms with Gasteiger partial charge in [-0.05, 0) is 72.4 Å². The standard InChI is InChI=1S/C42H36F2N8O5/c1-45-39(54)32-23-52(36-21-46-16-14-27(32)36)51-17-5-8-25-18-29(30(38(43)44)19-35(25)51)26-10-11-33(48-20-26)40(55)47-15-3-2-6-24-7-4-9-28-31(24)22-50(42(28)57)34-12-13-37(53)49-41(34)56/h4,7,9-11,14,16,18-21,23,34,38H,3,5,8,12-13,15,17,22H2,1H3,(H,45,54)(H,47,55)(H,49,53,56). The molecule has 0 bridgehead atoms. The Labute approximate surface area is 325 Å². The third-order valence-corrected chi connectivity index (χ3v) is 10.5. The van der Waals surface area contributed by atoms with E-state index in [1.165, 1.54) is 23.2 Å². The van der Waals surface area contributed by atoms with Crippen molar-refractivity contribution in [3.63, 3.8) is 0 Å². The van der Waals surface area contributed by atoms with E-state index in [1.54, 1.807) is 66.7 Å². The lowest BCUT2D eigenvalue weighted by atomic mass is 9.93. The van der Waals surface area contributed by atoms with Crippen LogP contribution < -0.4 is 21.0 Å². The molecule has 288 valence electrons. The van der Waals surface area contributed by atoms with Gasteiger partial charge in [0.15, 0.2) is 0 Å². The van der Waals surface area contributed by atoms with Crippen LogP contribution in [0, 0.1) is 11.8 Å². The molecule has 13 nitrogen and oxygen atoms in total. The molecule has 57 heavy (non-hydrogen) atoms. The third-order valence-electron chi connectivity index (χ3n) is 10.5. The number of anilines is 1. The first kappa shape index (κ1) is 37.0. The summed E-state index contributed by atoms with van der Waals surface area (Å²) in [6.07, 6.45) is 5.70. The SMILES string of the molecule is CNC(=O)c1cn(N2CCCc3cc(-c4ccc(C(=O)NCCC#Cc5cccc6c5CN(C5CCC(=O)NC5=O)C6=O)nc4)c(C(F)F)cc32)c2cnccc12. The molecule has 0 saturated carbocycles. The van der Waals surface area contributed by atoms with Crippen LogP contribution in [-0.2, 0) is 22.6 Å². The van der Waals surface area contributed by atoms with Crippen molar-refractivity contribution >= 4 is 46.1 Å². The molecule has 6 heterocycles. The molecular weight excluding hydrogens is 735 g/mol. The fourth-order valence-corrected chi connectivity index (χ4v) is 7.73. The van der Waals surface area contributed by atoms with Gasteiger partial charge in [0.25, 0.3) is 24.1 Å². The highest BCUT2D eigenvalue weighted by Gasteiger charge is 2.39. The molecule has 3 aromatic heterocycles. The van der Waals surface area contributed by atoms with Crippen LogP contribution in [0.3, 0.4) is 0 Å². The van der Waals surface area contributed by atoms with Crippen LogP contribution >= 0.6 is 0 Å². The van der Waals surface area contributed by atoms with E-state index in [-0.39, 0.29) is 54.9 Å². The number of aromatic nitrogens is 3. The van der Waals surface area contributed by atoms with Crippen molar-refractivity contribution in [2.45, 2.75) is 51.1 Å². The van der Waals surface area contributed by atoms with Crippen LogP contribution in [0.25, 0.3) is 22.0 Å². The number of amides is 5. The lowest BCUT2D eigenvalue weighted by Gasteiger charge is -2.33. The lowest BCUT2D eigenvalue weighted by molar-refractivity contribution is -0.136. The van der Waals surface area contributed by atoms with Gasteiger partial charge in [-0.25, -0.2) is 8.78 Å². The number of hydrogen-bond acceptors (Lipinski definition) is 8. The van der Waals surface area contributed by atoms with Gasteiger partial charge < -0.3 is 15.5 Å². The second-order valence-corrected chi connectivity index (χ2v) is 13.9. The molecule has 0 aliphatic carbocycles. The van der Waals surface area contributed by atoms with E-state index in [0.717, 1.165) is 12.0 Å². The predicted octanol–water partition coefficient (Wildman–Crippen LogP) is 4.54. The maximum absolute atomic E-state index is 14.7. The summed E-state index contributed by atoms with van der Waals surface area (Å²) < 4.78 is 31.2. The Bertz CT molecular complexity index is 2540. The number of nitrogens with zero attached hydrogens (tertiary/aromatic N) is 5. The van der Waals surface area contributed by atoms with Crippen LogP contribution in [0.15, 0.2) is 73.3 Å². The monoisotopic (exact) mass is 770 g/mol. The summed E-state index contributed by atoms with van der Waals surface area (Å²) >= 11 is 0. The van der Waals surface area contributed by atoms with Gasteiger partial charge in [0.05, 0.1) is 23.0 Å². The molecule has 8 rings (SSSR count). The number of nitrogens with one attached hydrogen (secondary N) is 3. The van der Waals surface area contributed by atoms with Crippen LogP contribution in [0.4, 0.5) is 14.5 Å². The highest BCUT2D eigenvalue weighted by atomic mass is 19.3. The molecule has 2 aromatic carbocycles.